The summed E-state index contributed by atoms with van der Waals surface area (Å²) in [5.74, 6) is -1.50. The van der Waals surface area contributed by atoms with Crippen LogP contribution >= 0.6 is 0 Å². The zero-order valence-corrected chi connectivity index (χ0v) is 12.3. The van der Waals surface area contributed by atoms with Gasteiger partial charge in [-0.3, -0.25) is 4.79 Å². The summed E-state index contributed by atoms with van der Waals surface area (Å²) in [5, 5.41) is 7.87. The van der Waals surface area contributed by atoms with Crippen molar-refractivity contribution in [2.24, 2.45) is 5.92 Å². The predicted octanol–water partition coefficient (Wildman–Crippen LogP) is -0.406. The van der Waals surface area contributed by atoms with Crippen molar-refractivity contribution >= 4 is 25.8 Å². The van der Waals surface area contributed by atoms with Crippen LogP contribution in [0.15, 0.2) is 0 Å². The van der Waals surface area contributed by atoms with Crippen molar-refractivity contribution < 1.29 is 26.7 Å². The lowest BCUT2D eigenvalue weighted by Crippen LogP contribution is -2.41. The first-order chi connectivity index (χ1) is 8.62. The Kier molecular flexibility index (Phi) is 5.34. The van der Waals surface area contributed by atoms with E-state index in [9.17, 15) is 21.6 Å². The van der Waals surface area contributed by atoms with E-state index in [1.165, 1.54) is 0 Å². The van der Waals surface area contributed by atoms with Gasteiger partial charge in [-0.05, 0) is 18.8 Å². The third-order valence-electron chi connectivity index (χ3n) is 3.10. The number of carboxylic acid groups (broad SMARTS) is 1. The molecule has 1 heterocycles. The van der Waals surface area contributed by atoms with Crippen molar-refractivity contribution in [3.8, 4) is 0 Å². The minimum absolute atomic E-state index is 0.0535. The van der Waals surface area contributed by atoms with Gasteiger partial charge in [0.25, 0.3) is 0 Å². The van der Waals surface area contributed by atoms with Gasteiger partial charge in [-0.25, -0.2) is 21.6 Å². The summed E-state index contributed by atoms with van der Waals surface area (Å²) >= 11 is 0. The highest BCUT2D eigenvalue weighted by Crippen LogP contribution is 2.18. The number of carbonyl (C=O) groups is 1. The first-order valence-electron chi connectivity index (χ1n) is 6.03. The molecule has 0 amide bonds. The van der Waals surface area contributed by atoms with Crippen LogP contribution in [0.2, 0.25) is 0 Å². The molecule has 2 N–H and O–H groups in total. The quantitative estimate of drug-likeness (QED) is 0.688. The van der Waals surface area contributed by atoms with E-state index in [4.69, 9.17) is 5.11 Å². The molecule has 7 nitrogen and oxygen atoms in total. The van der Waals surface area contributed by atoms with Gasteiger partial charge >= 0.3 is 5.97 Å². The molecule has 1 unspecified atom stereocenters. The molecule has 1 aliphatic rings. The summed E-state index contributed by atoms with van der Waals surface area (Å²) in [4.78, 5) is 10.5. The van der Waals surface area contributed by atoms with E-state index in [0.29, 0.717) is 0 Å². The number of aliphatic carboxylic acids is 1. The minimum Gasteiger partial charge on any atom is -0.481 e. The molecule has 112 valence electrons. The third-order valence-corrected chi connectivity index (χ3v) is 6.73. The summed E-state index contributed by atoms with van der Waals surface area (Å²) in [6.45, 7) is 1.69. The lowest BCUT2D eigenvalue weighted by atomic mass is 10.1. The molecular formula is C10H19NO6S2. The monoisotopic (exact) mass is 313 g/mol. The maximum absolute atomic E-state index is 11.9. The Hall–Kier alpha value is -0.670. The summed E-state index contributed by atoms with van der Waals surface area (Å²) in [6, 6.07) is 0. The van der Waals surface area contributed by atoms with Crippen LogP contribution in [0.25, 0.3) is 0 Å². The fourth-order valence-corrected chi connectivity index (χ4v) is 5.32. The summed E-state index contributed by atoms with van der Waals surface area (Å²) in [5.41, 5.74) is 0. The average Bonchev–Trinajstić information content (AvgIpc) is 2.25. The van der Waals surface area contributed by atoms with Crippen molar-refractivity contribution in [3.05, 3.63) is 0 Å². The maximum Gasteiger partial charge on any atom is 0.303 e. The van der Waals surface area contributed by atoms with Crippen LogP contribution in [0.1, 0.15) is 26.2 Å². The highest BCUT2D eigenvalue weighted by atomic mass is 32.2. The van der Waals surface area contributed by atoms with Crippen LogP contribution < -0.4 is 4.72 Å². The number of nitrogens with one attached hydrogen (secondary N) is 1. The van der Waals surface area contributed by atoms with Gasteiger partial charge in [0.05, 0.1) is 16.8 Å². The molecule has 0 spiro atoms. The molecule has 0 aromatic carbocycles. The highest BCUT2D eigenvalue weighted by molar-refractivity contribution is 7.92. The Morgan fingerprint density at radius 1 is 1.37 bits per heavy atom. The molecule has 0 aromatic heterocycles. The Morgan fingerprint density at radius 2 is 1.89 bits per heavy atom. The lowest BCUT2D eigenvalue weighted by Gasteiger charge is -2.23. The Balaban J connectivity index is 2.51. The largest absolute Gasteiger partial charge is 0.481 e. The van der Waals surface area contributed by atoms with Crippen molar-refractivity contribution in [2.75, 3.05) is 18.1 Å². The van der Waals surface area contributed by atoms with Crippen molar-refractivity contribution in [1.29, 1.82) is 0 Å². The fraction of sp³-hybridized carbons (Fsp3) is 0.900. The Labute approximate surface area is 113 Å². The first-order valence-corrected chi connectivity index (χ1v) is 9.40. The number of carboxylic acids is 1. The molecule has 0 aromatic rings. The van der Waals surface area contributed by atoms with E-state index < -0.39 is 31.1 Å². The van der Waals surface area contributed by atoms with E-state index in [1.807, 2.05) is 0 Å². The van der Waals surface area contributed by atoms with Gasteiger partial charge < -0.3 is 5.11 Å². The third kappa shape index (κ3) is 5.45. The summed E-state index contributed by atoms with van der Waals surface area (Å²) in [7, 11) is -6.66. The van der Waals surface area contributed by atoms with E-state index in [2.05, 4.69) is 4.72 Å². The van der Waals surface area contributed by atoms with Crippen LogP contribution in [0.3, 0.4) is 0 Å². The molecular weight excluding hydrogens is 294 g/mol. The zero-order valence-electron chi connectivity index (χ0n) is 10.7. The second-order valence-corrected chi connectivity index (χ2v) is 9.30. The smallest absolute Gasteiger partial charge is 0.303 e. The van der Waals surface area contributed by atoms with Gasteiger partial charge in [-0.1, -0.05) is 6.92 Å². The van der Waals surface area contributed by atoms with Gasteiger partial charge in [0.1, 0.15) is 9.84 Å². The van der Waals surface area contributed by atoms with Crippen molar-refractivity contribution in [1.82, 2.24) is 4.72 Å². The van der Waals surface area contributed by atoms with Crippen molar-refractivity contribution in [2.45, 2.75) is 31.4 Å². The molecule has 0 saturated carbocycles. The van der Waals surface area contributed by atoms with E-state index in [1.54, 1.807) is 6.92 Å². The zero-order chi connectivity index (χ0) is 14.7. The lowest BCUT2D eigenvalue weighted by molar-refractivity contribution is -0.137. The molecule has 19 heavy (non-hydrogen) atoms. The van der Waals surface area contributed by atoms with Crippen LogP contribution in [0, 0.1) is 5.92 Å². The standard InChI is InChI=1S/C10H19NO6S2/c1-8(6-10(12)13)7-11-19(16,17)9-2-4-18(14,15)5-3-9/h8-9,11H,2-7H2,1H3,(H,12,13). The van der Waals surface area contributed by atoms with E-state index in [0.717, 1.165) is 0 Å². The molecule has 0 radical (unpaired) electrons. The molecule has 0 aliphatic carbocycles. The SMILES string of the molecule is CC(CNS(=O)(=O)C1CCS(=O)(=O)CC1)CC(=O)O. The second kappa shape index (κ2) is 6.19. The molecule has 1 fully saturated rings. The van der Waals surface area contributed by atoms with Crippen LogP contribution in [-0.4, -0.2) is 51.2 Å². The van der Waals surface area contributed by atoms with Crippen LogP contribution in [0.4, 0.5) is 0 Å². The van der Waals surface area contributed by atoms with E-state index >= 15 is 0 Å². The van der Waals surface area contributed by atoms with Gasteiger partial charge in [0, 0.05) is 13.0 Å². The summed E-state index contributed by atoms with van der Waals surface area (Å²) < 4.78 is 48.7. The van der Waals surface area contributed by atoms with Gasteiger partial charge in [-0.15, -0.1) is 0 Å². The second-order valence-electron chi connectivity index (χ2n) is 4.95. The number of rotatable bonds is 6. The van der Waals surface area contributed by atoms with Crippen LogP contribution in [-0.2, 0) is 24.7 Å². The minimum atomic E-state index is -3.57. The maximum atomic E-state index is 11.9. The number of sulfonamides is 1. The molecule has 1 aliphatic heterocycles. The van der Waals surface area contributed by atoms with Gasteiger partial charge in [0.15, 0.2) is 0 Å². The average molecular weight is 313 g/mol. The topological polar surface area (TPSA) is 118 Å². The number of sulfone groups is 1. The molecule has 1 saturated heterocycles. The molecule has 1 rings (SSSR count). The Morgan fingerprint density at radius 3 is 2.37 bits per heavy atom. The van der Waals surface area contributed by atoms with E-state index in [-0.39, 0.29) is 43.2 Å². The predicted molar refractivity (Wildman–Crippen MR) is 70.0 cm³/mol. The highest BCUT2D eigenvalue weighted by Gasteiger charge is 2.32. The van der Waals surface area contributed by atoms with Crippen LogP contribution in [0.5, 0.6) is 0 Å². The van der Waals surface area contributed by atoms with Gasteiger partial charge in [-0.2, -0.15) is 0 Å². The number of hydrogen-bond donors (Lipinski definition) is 2. The number of hydrogen-bond acceptors (Lipinski definition) is 5. The normalized spacial score (nSPS) is 21.9. The molecule has 0 bridgehead atoms. The molecule has 1 atom stereocenters. The fourth-order valence-electron chi connectivity index (χ4n) is 1.93. The Bertz CT molecular complexity index is 510. The van der Waals surface area contributed by atoms with Crippen molar-refractivity contribution in [3.63, 3.8) is 0 Å². The first kappa shape index (κ1) is 16.4. The summed E-state index contributed by atoms with van der Waals surface area (Å²) in [6.07, 6.45) is 0.0948. The molecule has 9 heteroatoms. The van der Waals surface area contributed by atoms with Gasteiger partial charge in [0.2, 0.25) is 10.0 Å².